The van der Waals surface area contributed by atoms with Gasteiger partial charge in [0, 0.05) is 17.4 Å². The zero-order valence-corrected chi connectivity index (χ0v) is 22.8. The Hall–Kier alpha value is -0.890. The fourth-order valence-electron chi connectivity index (χ4n) is 9.21. The molecule has 33 heavy (non-hydrogen) atoms. The fraction of sp³-hybridized carbons (Fsp3) is 0.839. The second-order valence-electron chi connectivity index (χ2n) is 14.1. The van der Waals surface area contributed by atoms with E-state index in [9.17, 15) is 9.90 Å². The van der Waals surface area contributed by atoms with E-state index in [1.165, 1.54) is 36.0 Å². The van der Waals surface area contributed by atoms with Crippen molar-refractivity contribution in [3.8, 4) is 0 Å². The van der Waals surface area contributed by atoms with Crippen LogP contribution in [-0.4, -0.2) is 17.0 Å². The largest absolute Gasteiger partial charge is 0.393 e. The van der Waals surface area contributed by atoms with Crippen LogP contribution >= 0.6 is 0 Å². The SMILES string of the molecule is C=C(CCC(C)C1CCC2(C)C3=C(CCC12C)C1(C)CCC(O)C(C)(C)C1CC3=O)C(C)C. The molecule has 2 fully saturated rings. The molecule has 4 aliphatic carbocycles. The number of aliphatic hydroxyl groups excluding tert-OH is 1. The van der Waals surface area contributed by atoms with Gasteiger partial charge in [0.15, 0.2) is 5.78 Å². The van der Waals surface area contributed by atoms with Crippen molar-refractivity contribution in [3.63, 3.8) is 0 Å². The van der Waals surface area contributed by atoms with Crippen LogP contribution in [0.3, 0.4) is 0 Å². The number of fused-ring (bicyclic) bond motifs is 4. The van der Waals surface area contributed by atoms with E-state index < -0.39 is 0 Å². The number of carbonyl (C=O) groups is 1. The summed E-state index contributed by atoms with van der Waals surface area (Å²) in [6.45, 7) is 23.1. The molecule has 4 rings (SSSR count). The molecule has 0 aliphatic heterocycles. The number of aliphatic hydroxyl groups is 1. The fourth-order valence-corrected chi connectivity index (χ4v) is 9.21. The van der Waals surface area contributed by atoms with Crippen LogP contribution in [0.1, 0.15) is 113 Å². The molecule has 7 unspecified atom stereocenters. The Labute approximate surface area is 203 Å². The zero-order chi connectivity index (χ0) is 24.6. The maximum absolute atomic E-state index is 13.9. The highest BCUT2D eigenvalue weighted by Crippen LogP contribution is 2.71. The van der Waals surface area contributed by atoms with Crippen LogP contribution in [0.4, 0.5) is 0 Å². The topological polar surface area (TPSA) is 37.3 Å². The van der Waals surface area contributed by atoms with Crippen molar-refractivity contribution >= 4 is 5.78 Å². The first-order valence-corrected chi connectivity index (χ1v) is 13.8. The average Bonchev–Trinajstić information content (AvgIpc) is 3.02. The second-order valence-corrected chi connectivity index (χ2v) is 14.1. The Balaban J connectivity index is 1.68. The summed E-state index contributed by atoms with van der Waals surface area (Å²) in [5.41, 5.74) is 4.18. The number of allylic oxidation sites excluding steroid dienone is 3. The molecule has 0 spiro atoms. The molecule has 0 heterocycles. The molecule has 0 radical (unpaired) electrons. The summed E-state index contributed by atoms with van der Waals surface area (Å²) in [5.74, 6) is 2.58. The van der Waals surface area contributed by atoms with Crippen LogP contribution in [0.15, 0.2) is 23.3 Å². The van der Waals surface area contributed by atoms with Gasteiger partial charge in [0.1, 0.15) is 0 Å². The summed E-state index contributed by atoms with van der Waals surface area (Å²) >= 11 is 0. The Morgan fingerprint density at radius 3 is 2.36 bits per heavy atom. The van der Waals surface area contributed by atoms with E-state index in [-0.39, 0.29) is 33.7 Å². The monoisotopic (exact) mass is 454 g/mol. The van der Waals surface area contributed by atoms with Crippen molar-refractivity contribution in [2.75, 3.05) is 0 Å². The van der Waals surface area contributed by atoms with Gasteiger partial charge < -0.3 is 5.11 Å². The molecule has 0 aromatic carbocycles. The average molecular weight is 455 g/mol. The molecule has 0 aromatic heterocycles. The van der Waals surface area contributed by atoms with Gasteiger partial charge in [0.05, 0.1) is 6.10 Å². The van der Waals surface area contributed by atoms with Gasteiger partial charge in [-0.3, -0.25) is 4.79 Å². The summed E-state index contributed by atoms with van der Waals surface area (Å²) in [6, 6.07) is 0. The maximum atomic E-state index is 13.9. The minimum absolute atomic E-state index is 0.000162. The first-order chi connectivity index (χ1) is 15.2. The van der Waals surface area contributed by atoms with Crippen molar-refractivity contribution in [1.82, 2.24) is 0 Å². The molecular weight excluding hydrogens is 404 g/mol. The molecule has 2 heteroatoms. The predicted molar refractivity (Wildman–Crippen MR) is 138 cm³/mol. The third kappa shape index (κ3) is 3.47. The number of carbonyl (C=O) groups excluding carboxylic acids is 1. The minimum Gasteiger partial charge on any atom is -0.393 e. The van der Waals surface area contributed by atoms with Crippen LogP contribution in [-0.2, 0) is 4.79 Å². The van der Waals surface area contributed by atoms with Gasteiger partial charge in [-0.1, -0.05) is 73.1 Å². The molecule has 2 nitrogen and oxygen atoms in total. The lowest BCUT2D eigenvalue weighted by Gasteiger charge is -2.61. The highest BCUT2D eigenvalue weighted by atomic mass is 16.3. The van der Waals surface area contributed by atoms with Crippen molar-refractivity contribution < 1.29 is 9.90 Å². The zero-order valence-electron chi connectivity index (χ0n) is 22.8. The molecule has 0 aromatic rings. The Morgan fingerprint density at radius 2 is 1.73 bits per heavy atom. The normalized spacial score (nSPS) is 43.2. The quantitative estimate of drug-likeness (QED) is 0.429. The number of rotatable bonds is 5. The molecule has 0 amide bonds. The lowest BCUT2D eigenvalue weighted by atomic mass is 9.43. The van der Waals surface area contributed by atoms with Gasteiger partial charge >= 0.3 is 0 Å². The van der Waals surface area contributed by atoms with Crippen LogP contribution in [0.25, 0.3) is 0 Å². The number of hydrogen-bond acceptors (Lipinski definition) is 2. The number of Topliss-reactive ketones (excluding diaryl/α,β-unsaturated/α-hetero) is 1. The lowest BCUT2D eigenvalue weighted by molar-refractivity contribution is -0.134. The molecule has 7 atom stereocenters. The molecule has 0 bridgehead atoms. The van der Waals surface area contributed by atoms with Crippen molar-refractivity contribution in [1.29, 1.82) is 0 Å². The Morgan fingerprint density at radius 1 is 1.06 bits per heavy atom. The summed E-state index contributed by atoms with van der Waals surface area (Å²) < 4.78 is 0. The highest BCUT2D eigenvalue weighted by molar-refractivity contribution is 5.99. The lowest BCUT2D eigenvalue weighted by Crippen LogP contribution is -2.57. The predicted octanol–water partition coefficient (Wildman–Crippen LogP) is 7.90. The number of hydrogen-bond donors (Lipinski definition) is 1. The van der Waals surface area contributed by atoms with E-state index in [0.29, 0.717) is 30.0 Å². The van der Waals surface area contributed by atoms with Gasteiger partial charge in [-0.25, -0.2) is 0 Å². The summed E-state index contributed by atoms with van der Waals surface area (Å²) in [5, 5.41) is 10.8. The van der Waals surface area contributed by atoms with Crippen LogP contribution < -0.4 is 0 Å². The third-order valence-corrected chi connectivity index (χ3v) is 12.0. The van der Waals surface area contributed by atoms with Gasteiger partial charge in [0.25, 0.3) is 0 Å². The molecule has 1 N–H and O–H groups in total. The van der Waals surface area contributed by atoms with Crippen LogP contribution in [0.2, 0.25) is 0 Å². The van der Waals surface area contributed by atoms with E-state index in [2.05, 4.69) is 62.0 Å². The standard InChI is InChI=1S/C31H50O2/c1-19(2)20(3)10-11-21(4)22-12-17-31(9)27-23(13-16-30(22,31)8)29(7)15-14-26(33)28(5,6)25(29)18-24(27)32/h19,21-22,25-26,33H,3,10-18H2,1-2,4-9H3. The maximum Gasteiger partial charge on any atom is 0.159 e. The van der Waals surface area contributed by atoms with E-state index >= 15 is 0 Å². The second kappa shape index (κ2) is 8.07. The van der Waals surface area contributed by atoms with E-state index in [0.717, 1.165) is 32.1 Å². The summed E-state index contributed by atoms with van der Waals surface area (Å²) in [4.78, 5) is 13.9. The Bertz CT molecular complexity index is 862. The van der Waals surface area contributed by atoms with Crippen LogP contribution in [0.5, 0.6) is 0 Å². The van der Waals surface area contributed by atoms with E-state index in [1.54, 1.807) is 0 Å². The minimum atomic E-state index is -0.299. The van der Waals surface area contributed by atoms with E-state index in [1.807, 2.05) is 0 Å². The van der Waals surface area contributed by atoms with Crippen molar-refractivity contribution in [3.05, 3.63) is 23.3 Å². The van der Waals surface area contributed by atoms with Gasteiger partial charge in [-0.05, 0) is 91.3 Å². The van der Waals surface area contributed by atoms with Gasteiger partial charge in [-0.2, -0.15) is 0 Å². The smallest absolute Gasteiger partial charge is 0.159 e. The van der Waals surface area contributed by atoms with Crippen LogP contribution in [0, 0.1) is 45.3 Å². The molecular formula is C31H50O2. The van der Waals surface area contributed by atoms with Crippen molar-refractivity contribution in [2.24, 2.45) is 45.3 Å². The summed E-state index contributed by atoms with van der Waals surface area (Å²) in [7, 11) is 0. The van der Waals surface area contributed by atoms with Crippen molar-refractivity contribution in [2.45, 2.75) is 119 Å². The van der Waals surface area contributed by atoms with Gasteiger partial charge in [-0.15, -0.1) is 0 Å². The molecule has 4 aliphatic rings. The molecule has 2 saturated carbocycles. The molecule has 0 saturated heterocycles. The van der Waals surface area contributed by atoms with E-state index in [4.69, 9.17) is 0 Å². The van der Waals surface area contributed by atoms with Gasteiger partial charge in [0.2, 0.25) is 0 Å². The highest BCUT2D eigenvalue weighted by Gasteiger charge is 2.65. The third-order valence-electron chi connectivity index (χ3n) is 12.0. The number of ketones is 1. The first-order valence-electron chi connectivity index (χ1n) is 13.8. The molecule has 186 valence electrons. The Kier molecular flexibility index (Phi) is 6.17. The summed E-state index contributed by atoms with van der Waals surface area (Å²) in [6.07, 6.45) is 9.25. The first kappa shape index (κ1) is 25.2.